The Kier molecular flexibility index (Phi) is 5.30. The molecular formula is C21H29FN2O2S. The quantitative estimate of drug-likeness (QED) is 0.434. The van der Waals surface area contributed by atoms with E-state index in [1.165, 1.54) is 18.2 Å². The molecule has 1 amide bonds. The molecule has 1 spiro atoms. The zero-order valence-corrected chi connectivity index (χ0v) is 17.2. The molecule has 1 N–H and O–H groups in total. The van der Waals surface area contributed by atoms with E-state index in [1.807, 2.05) is 4.90 Å². The fourth-order valence-corrected chi connectivity index (χ4v) is 7.77. The highest BCUT2D eigenvalue weighted by molar-refractivity contribution is 8.43. The lowest BCUT2D eigenvalue weighted by Crippen LogP contribution is -2.29. The number of ether oxygens (including phenoxy) is 1. The van der Waals surface area contributed by atoms with Crippen molar-refractivity contribution in [1.82, 2.24) is 10.2 Å². The first kappa shape index (κ1) is 19.8. The van der Waals surface area contributed by atoms with Gasteiger partial charge in [-0.25, -0.2) is 4.39 Å². The molecule has 2 aliphatic rings. The summed E-state index contributed by atoms with van der Waals surface area (Å²) in [5.41, 5.74) is 0.986. The number of likely N-dealkylation sites (tertiary alicyclic amines) is 1. The number of carbonyl (C=O) groups excluding carboxylic acids is 1. The molecule has 3 rings (SSSR count). The summed E-state index contributed by atoms with van der Waals surface area (Å²) in [6.07, 6.45) is 4.67. The fourth-order valence-electron chi connectivity index (χ4n) is 3.96. The Morgan fingerprint density at radius 2 is 2.26 bits per heavy atom. The molecule has 1 aromatic rings. The predicted molar refractivity (Wildman–Crippen MR) is 111 cm³/mol. The molecule has 0 aliphatic carbocycles. The third-order valence-electron chi connectivity index (χ3n) is 5.86. The number of hydrogen-bond donors (Lipinski definition) is 1. The van der Waals surface area contributed by atoms with E-state index in [1.54, 1.807) is 6.07 Å². The number of benzene rings is 1. The average molecular weight is 393 g/mol. The van der Waals surface area contributed by atoms with Gasteiger partial charge in [0.25, 0.3) is 0 Å². The van der Waals surface area contributed by atoms with E-state index in [0.29, 0.717) is 5.75 Å². The van der Waals surface area contributed by atoms with E-state index in [9.17, 15) is 9.18 Å². The molecule has 2 fully saturated rings. The lowest BCUT2D eigenvalue weighted by atomic mass is 10.0. The fraction of sp³-hybridized carbons (Fsp3) is 0.476. The van der Waals surface area contributed by atoms with Crippen molar-refractivity contribution >= 4 is 15.9 Å². The Bertz CT molecular complexity index is 781. The molecule has 2 saturated heterocycles. The van der Waals surface area contributed by atoms with Crippen LogP contribution in [0.4, 0.5) is 4.39 Å². The minimum atomic E-state index is -1.04. The van der Waals surface area contributed by atoms with Crippen LogP contribution >= 0.6 is 10.0 Å². The first-order valence-electron chi connectivity index (χ1n) is 9.24. The minimum absolute atomic E-state index is 0.00903. The minimum Gasteiger partial charge on any atom is -0.473 e. The molecular weight excluding hydrogens is 363 g/mol. The van der Waals surface area contributed by atoms with Crippen LogP contribution in [0.5, 0.6) is 5.75 Å². The van der Waals surface area contributed by atoms with E-state index in [2.05, 4.69) is 38.6 Å². The Balaban J connectivity index is 1.58. The van der Waals surface area contributed by atoms with Crippen molar-refractivity contribution in [2.45, 2.75) is 30.9 Å². The Morgan fingerprint density at radius 1 is 1.52 bits per heavy atom. The average Bonchev–Trinajstić information content (AvgIpc) is 2.99. The Hall–Kier alpha value is -1.95. The van der Waals surface area contributed by atoms with Crippen molar-refractivity contribution < 1.29 is 13.9 Å². The van der Waals surface area contributed by atoms with Gasteiger partial charge >= 0.3 is 0 Å². The highest BCUT2D eigenvalue weighted by Gasteiger charge is 2.64. The Labute approximate surface area is 162 Å². The summed E-state index contributed by atoms with van der Waals surface area (Å²) >= 11 is 0. The third-order valence-corrected chi connectivity index (χ3v) is 10.3. The van der Waals surface area contributed by atoms with Gasteiger partial charge in [-0.3, -0.25) is 4.79 Å². The third kappa shape index (κ3) is 3.59. The van der Waals surface area contributed by atoms with Gasteiger partial charge in [-0.05, 0) is 42.1 Å². The summed E-state index contributed by atoms with van der Waals surface area (Å²) in [6.45, 7) is 13.8. The van der Waals surface area contributed by atoms with Gasteiger partial charge < -0.3 is 15.0 Å². The van der Waals surface area contributed by atoms with Gasteiger partial charge in [-0.15, -0.1) is 0 Å². The van der Waals surface area contributed by atoms with E-state index < -0.39 is 10.0 Å². The van der Waals surface area contributed by atoms with Crippen LogP contribution in [-0.2, 0) is 4.79 Å². The molecule has 4 nitrogen and oxygen atoms in total. The smallest absolute Gasteiger partial charge is 0.246 e. The topological polar surface area (TPSA) is 41.6 Å². The van der Waals surface area contributed by atoms with Gasteiger partial charge in [0, 0.05) is 28.9 Å². The van der Waals surface area contributed by atoms with Gasteiger partial charge in [0.05, 0.1) is 0 Å². The first-order chi connectivity index (χ1) is 12.7. The molecule has 0 saturated carbocycles. The van der Waals surface area contributed by atoms with Crippen molar-refractivity contribution in [3.8, 4) is 5.75 Å². The summed E-state index contributed by atoms with van der Waals surface area (Å²) < 4.78 is 19.6. The summed E-state index contributed by atoms with van der Waals surface area (Å²) in [7, 11) is -1.04. The predicted octanol–water partition coefficient (Wildman–Crippen LogP) is 3.95. The highest BCUT2D eigenvalue weighted by Crippen LogP contribution is 2.79. The zero-order valence-electron chi connectivity index (χ0n) is 16.4. The molecule has 0 radical (unpaired) electrons. The second-order valence-corrected chi connectivity index (χ2v) is 11.7. The first-order valence-corrected chi connectivity index (χ1v) is 11.5. The van der Waals surface area contributed by atoms with Crippen LogP contribution in [0.3, 0.4) is 0 Å². The van der Waals surface area contributed by atoms with Crippen molar-refractivity contribution in [1.29, 1.82) is 0 Å². The Morgan fingerprint density at radius 3 is 2.93 bits per heavy atom. The maximum atomic E-state index is 13.6. The monoisotopic (exact) mass is 392 g/mol. The van der Waals surface area contributed by atoms with E-state index in [4.69, 9.17) is 4.74 Å². The molecule has 6 heteroatoms. The van der Waals surface area contributed by atoms with Crippen molar-refractivity contribution in [3.05, 3.63) is 53.8 Å². The number of hydrogen-bond acceptors (Lipinski definition) is 3. The highest BCUT2D eigenvalue weighted by atomic mass is 32.3. The van der Waals surface area contributed by atoms with Crippen LogP contribution in [0.15, 0.2) is 42.5 Å². The van der Waals surface area contributed by atoms with Crippen LogP contribution in [-0.4, -0.2) is 47.4 Å². The van der Waals surface area contributed by atoms with Gasteiger partial charge in [0.15, 0.2) is 6.73 Å². The lowest BCUT2D eigenvalue weighted by molar-refractivity contribution is -0.125. The van der Waals surface area contributed by atoms with E-state index in [-0.39, 0.29) is 29.1 Å². The molecule has 2 atom stereocenters. The van der Waals surface area contributed by atoms with Crippen LogP contribution < -0.4 is 10.1 Å². The molecule has 27 heavy (non-hydrogen) atoms. The number of nitrogens with zero attached hydrogens (tertiary/aromatic N) is 1. The summed E-state index contributed by atoms with van der Waals surface area (Å²) in [5.74, 6) is 1.62. The number of halogens is 1. The zero-order chi connectivity index (χ0) is 19.8. The molecule has 2 unspecified atom stereocenters. The largest absolute Gasteiger partial charge is 0.473 e. The molecule has 0 bridgehead atoms. The van der Waals surface area contributed by atoms with Crippen LogP contribution in [0.25, 0.3) is 0 Å². The molecule has 0 aromatic heterocycles. The number of amides is 1. The van der Waals surface area contributed by atoms with Gasteiger partial charge in [0.1, 0.15) is 11.6 Å². The number of nitrogens with one attached hydrogen (secondary N) is 1. The summed E-state index contributed by atoms with van der Waals surface area (Å²) in [4.78, 5) is 13.8. The van der Waals surface area contributed by atoms with Crippen molar-refractivity contribution in [2.24, 2.45) is 0 Å². The maximum absolute atomic E-state index is 13.6. The second kappa shape index (κ2) is 7.23. The van der Waals surface area contributed by atoms with Gasteiger partial charge in [-0.1, -0.05) is 33.1 Å². The molecule has 1 aromatic carbocycles. The number of rotatable bonds is 7. The second-order valence-electron chi connectivity index (χ2n) is 7.85. The van der Waals surface area contributed by atoms with Gasteiger partial charge in [-0.2, -0.15) is 10.0 Å². The van der Waals surface area contributed by atoms with Crippen LogP contribution in [0, 0.1) is 5.82 Å². The van der Waals surface area contributed by atoms with Crippen molar-refractivity contribution in [3.63, 3.8) is 0 Å². The molecule has 2 aliphatic heterocycles. The molecule has 148 valence electrons. The van der Waals surface area contributed by atoms with Crippen LogP contribution in [0.2, 0.25) is 0 Å². The standard InChI is InChI=1S/C21H29FN2O2S/c1-6-20(25)24-10-9-21(12-24)13-27(21,5)16(4)23-14-26-19-11-17(22)7-8-18(19)15(2)3/h6-8,11,15,23H,1,4,9-10,12-14H2,2-3,5H3. The van der Waals surface area contributed by atoms with Crippen LogP contribution in [0.1, 0.15) is 31.7 Å². The number of carbonyl (C=O) groups is 1. The lowest BCUT2D eigenvalue weighted by Gasteiger charge is -2.26. The van der Waals surface area contributed by atoms with Crippen molar-refractivity contribution in [2.75, 3.05) is 31.8 Å². The van der Waals surface area contributed by atoms with Gasteiger partial charge in [0.2, 0.25) is 5.91 Å². The SMILES string of the molecule is C=CC(=O)N1CCC2(C1)CS2(C)C(=C)NCOc1cc(F)ccc1C(C)C. The summed E-state index contributed by atoms with van der Waals surface area (Å²) in [5, 5.41) is 4.30. The summed E-state index contributed by atoms with van der Waals surface area (Å²) in [6, 6.07) is 4.67. The normalized spacial score (nSPS) is 28.7. The van der Waals surface area contributed by atoms with E-state index in [0.717, 1.165) is 35.9 Å². The van der Waals surface area contributed by atoms with E-state index >= 15 is 0 Å². The molecule has 2 heterocycles. The maximum Gasteiger partial charge on any atom is 0.246 e.